The summed E-state index contributed by atoms with van der Waals surface area (Å²) in [6, 6.07) is 5.29. The van der Waals surface area contributed by atoms with Gasteiger partial charge in [0.05, 0.1) is 0 Å². The van der Waals surface area contributed by atoms with E-state index in [9.17, 15) is 14.4 Å². The molecule has 6 heteroatoms. The maximum Gasteiger partial charge on any atom is 0.274 e. The average Bonchev–Trinajstić information content (AvgIpc) is 2.50. The molecule has 2 amide bonds. The second-order valence-corrected chi connectivity index (χ2v) is 7.16. The van der Waals surface area contributed by atoms with E-state index in [0.29, 0.717) is 16.6 Å². The van der Waals surface area contributed by atoms with E-state index in [1.165, 1.54) is 0 Å². The number of carbonyl (C=O) groups excluding carboxylic acids is 2. The fourth-order valence-corrected chi connectivity index (χ4v) is 2.68. The van der Waals surface area contributed by atoms with Crippen LogP contribution in [-0.2, 0) is 9.59 Å². The minimum atomic E-state index is -0.402. The fraction of sp³-hybridized carbons (Fsp3) is 0.474. The van der Waals surface area contributed by atoms with Crippen molar-refractivity contribution in [2.45, 2.75) is 47.5 Å². The van der Waals surface area contributed by atoms with Crippen molar-refractivity contribution in [1.82, 2.24) is 9.66 Å². The number of amides is 2. The van der Waals surface area contributed by atoms with Crippen molar-refractivity contribution in [2.24, 2.45) is 11.8 Å². The molecule has 0 saturated heterocycles. The molecule has 2 aromatic heterocycles. The normalized spacial score (nSPS) is 11.3. The highest BCUT2D eigenvalue weighted by Gasteiger charge is 2.27. The Balaban J connectivity index is 2.71. The number of imide groups is 1. The van der Waals surface area contributed by atoms with Crippen LogP contribution in [0.5, 0.6) is 0 Å². The van der Waals surface area contributed by atoms with Crippen LogP contribution in [0.4, 0.5) is 0 Å². The van der Waals surface area contributed by atoms with Crippen molar-refractivity contribution in [3.05, 3.63) is 40.3 Å². The molecule has 0 aliphatic carbocycles. The molecule has 2 heterocycles. The minimum Gasteiger partial charge on any atom is -0.272 e. The van der Waals surface area contributed by atoms with Crippen LogP contribution in [0.2, 0.25) is 0 Å². The van der Waals surface area contributed by atoms with E-state index in [4.69, 9.17) is 0 Å². The van der Waals surface area contributed by atoms with Crippen molar-refractivity contribution in [3.8, 4) is 0 Å². The Morgan fingerprint density at radius 2 is 1.68 bits per heavy atom. The third-order valence-electron chi connectivity index (χ3n) is 3.76. The molecule has 25 heavy (non-hydrogen) atoms. The lowest BCUT2D eigenvalue weighted by molar-refractivity contribution is -0.129. The van der Waals surface area contributed by atoms with Gasteiger partial charge >= 0.3 is 0 Å². The number of pyridine rings is 2. The number of hydrogen-bond donors (Lipinski definition) is 0. The monoisotopic (exact) mass is 343 g/mol. The number of aromatic nitrogens is 2. The number of nitrogens with zero attached hydrogens (tertiary/aromatic N) is 3. The molecular formula is C19H25N3O3. The van der Waals surface area contributed by atoms with Crippen LogP contribution in [0.1, 0.15) is 46.1 Å². The molecule has 0 saturated carbocycles. The highest BCUT2D eigenvalue weighted by Crippen LogP contribution is 2.14. The van der Waals surface area contributed by atoms with Crippen molar-refractivity contribution < 1.29 is 9.59 Å². The van der Waals surface area contributed by atoms with E-state index < -0.39 is 5.56 Å². The van der Waals surface area contributed by atoms with Gasteiger partial charge in [-0.25, -0.2) is 4.98 Å². The van der Waals surface area contributed by atoms with Gasteiger partial charge in [-0.3, -0.25) is 14.4 Å². The Bertz CT molecular complexity index is 831. The van der Waals surface area contributed by atoms with E-state index in [-0.39, 0.29) is 36.5 Å². The van der Waals surface area contributed by atoms with Crippen LogP contribution in [0.15, 0.2) is 29.2 Å². The molecule has 0 aromatic carbocycles. The second-order valence-electron chi connectivity index (χ2n) is 7.16. The van der Waals surface area contributed by atoms with Gasteiger partial charge in [-0.1, -0.05) is 27.7 Å². The number of aryl methyl sites for hydroxylation is 1. The zero-order valence-electron chi connectivity index (χ0n) is 15.4. The average molecular weight is 343 g/mol. The Morgan fingerprint density at radius 3 is 2.20 bits per heavy atom. The first-order valence-corrected chi connectivity index (χ1v) is 8.55. The molecule has 2 aromatic rings. The van der Waals surface area contributed by atoms with Crippen molar-refractivity contribution in [3.63, 3.8) is 0 Å². The number of rotatable bonds is 5. The zero-order chi connectivity index (χ0) is 18.7. The van der Waals surface area contributed by atoms with Gasteiger partial charge in [-0.15, -0.1) is 0 Å². The standard InChI is InChI=1S/C19H25N3O3/c1-12(2)9-16(23)21(17(24)10-13(3)4)22-18-15(7-6-8-20-18)11-14(5)19(22)25/h6-8,11-13H,9-10H2,1-5H3. The molecule has 0 atom stereocenters. The summed E-state index contributed by atoms with van der Waals surface area (Å²) in [4.78, 5) is 42.6. The second kappa shape index (κ2) is 7.59. The number of carbonyl (C=O) groups is 2. The van der Waals surface area contributed by atoms with Gasteiger partial charge in [-0.05, 0) is 37.0 Å². The topological polar surface area (TPSA) is 72.3 Å². The first-order valence-electron chi connectivity index (χ1n) is 8.55. The summed E-state index contributed by atoms with van der Waals surface area (Å²) in [5.74, 6) is -0.635. The van der Waals surface area contributed by atoms with Gasteiger partial charge in [0.25, 0.3) is 5.56 Å². The Kier molecular flexibility index (Phi) is 5.72. The molecule has 0 fully saturated rings. The van der Waals surface area contributed by atoms with Crippen molar-refractivity contribution in [1.29, 1.82) is 0 Å². The van der Waals surface area contributed by atoms with Crippen molar-refractivity contribution >= 4 is 22.8 Å². The maximum absolute atomic E-state index is 12.8. The predicted molar refractivity (Wildman–Crippen MR) is 97.9 cm³/mol. The lowest BCUT2D eigenvalue weighted by atomic mass is 10.1. The lowest BCUT2D eigenvalue weighted by Gasteiger charge is -2.25. The largest absolute Gasteiger partial charge is 0.274 e. The minimum absolute atomic E-state index is 0.0709. The summed E-state index contributed by atoms with van der Waals surface area (Å²) >= 11 is 0. The van der Waals surface area contributed by atoms with Gasteiger partial charge in [0.15, 0.2) is 5.65 Å². The molecular weight excluding hydrogens is 318 g/mol. The molecule has 0 aliphatic heterocycles. The number of hydrogen-bond acceptors (Lipinski definition) is 4. The smallest absolute Gasteiger partial charge is 0.272 e. The lowest BCUT2D eigenvalue weighted by Crippen LogP contribution is -2.51. The predicted octanol–water partition coefficient (Wildman–Crippen LogP) is 2.79. The molecule has 0 aliphatic rings. The van der Waals surface area contributed by atoms with E-state index >= 15 is 0 Å². The molecule has 0 spiro atoms. The van der Waals surface area contributed by atoms with Crippen LogP contribution in [0.25, 0.3) is 11.0 Å². The van der Waals surface area contributed by atoms with Crippen LogP contribution >= 0.6 is 0 Å². The number of fused-ring (bicyclic) bond motifs is 1. The summed E-state index contributed by atoms with van der Waals surface area (Å²) in [6.45, 7) is 9.27. The summed E-state index contributed by atoms with van der Waals surface area (Å²) in [5, 5.41) is 1.70. The molecule has 0 unspecified atom stereocenters. The summed E-state index contributed by atoms with van der Waals surface area (Å²) < 4.78 is 1.14. The van der Waals surface area contributed by atoms with Gasteiger partial charge < -0.3 is 0 Å². The maximum atomic E-state index is 12.8. The molecule has 2 rings (SSSR count). The molecule has 134 valence electrons. The quantitative estimate of drug-likeness (QED) is 0.837. The van der Waals surface area contributed by atoms with Gasteiger partial charge in [0.1, 0.15) is 0 Å². The van der Waals surface area contributed by atoms with Crippen LogP contribution in [-0.4, -0.2) is 21.5 Å². The first kappa shape index (κ1) is 18.8. The van der Waals surface area contributed by atoms with Crippen LogP contribution in [0.3, 0.4) is 0 Å². The van der Waals surface area contributed by atoms with Crippen molar-refractivity contribution in [2.75, 3.05) is 5.01 Å². The SMILES string of the molecule is Cc1cc2cccnc2n(N(C(=O)CC(C)C)C(=O)CC(C)C)c1=O. The molecule has 0 radical (unpaired) electrons. The van der Waals surface area contributed by atoms with E-state index in [2.05, 4.69) is 4.98 Å². The Morgan fingerprint density at radius 1 is 1.12 bits per heavy atom. The van der Waals surface area contributed by atoms with E-state index in [0.717, 1.165) is 9.69 Å². The van der Waals surface area contributed by atoms with Gasteiger partial charge in [0, 0.05) is 30.0 Å². The van der Waals surface area contributed by atoms with Gasteiger partial charge in [0.2, 0.25) is 11.8 Å². The van der Waals surface area contributed by atoms with E-state index in [1.54, 1.807) is 25.3 Å². The van der Waals surface area contributed by atoms with Gasteiger partial charge in [-0.2, -0.15) is 9.69 Å². The van der Waals surface area contributed by atoms with E-state index in [1.807, 2.05) is 33.8 Å². The molecule has 6 nitrogen and oxygen atoms in total. The summed E-state index contributed by atoms with van der Waals surface area (Å²) in [5.41, 5.74) is 0.368. The fourth-order valence-electron chi connectivity index (χ4n) is 2.68. The highest BCUT2D eigenvalue weighted by atomic mass is 16.2. The zero-order valence-corrected chi connectivity index (χ0v) is 15.4. The highest BCUT2D eigenvalue weighted by molar-refractivity contribution is 6.09. The molecule has 0 bridgehead atoms. The summed E-state index contributed by atoms with van der Waals surface area (Å²) in [7, 11) is 0. The Labute approximate surface area is 147 Å². The summed E-state index contributed by atoms with van der Waals surface area (Å²) in [6.07, 6.45) is 1.91. The molecule has 0 N–H and O–H groups in total. The van der Waals surface area contributed by atoms with Crippen LogP contribution < -0.4 is 10.6 Å². The Hall–Kier alpha value is -2.50. The first-order chi connectivity index (χ1) is 11.7. The van der Waals surface area contributed by atoms with Crippen LogP contribution in [0, 0.1) is 18.8 Å². The third kappa shape index (κ3) is 4.13. The third-order valence-corrected chi connectivity index (χ3v) is 3.76.